The van der Waals surface area contributed by atoms with E-state index in [0.29, 0.717) is 23.5 Å². The summed E-state index contributed by atoms with van der Waals surface area (Å²) in [4.78, 5) is 22.6. The van der Waals surface area contributed by atoms with Gasteiger partial charge in [-0.05, 0) is 25.1 Å². The van der Waals surface area contributed by atoms with Crippen LogP contribution < -0.4 is 10.3 Å². The fraction of sp³-hybridized carbons (Fsp3) is 0.211. The average Bonchev–Trinajstić information content (AvgIpc) is 3.15. The Morgan fingerprint density at radius 3 is 2.58 bits per heavy atom. The third-order valence-corrected chi connectivity index (χ3v) is 4.73. The molecule has 2 heterocycles. The van der Waals surface area contributed by atoms with E-state index in [-0.39, 0.29) is 17.2 Å². The van der Waals surface area contributed by atoms with Gasteiger partial charge in [-0.1, -0.05) is 12.1 Å². The predicted octanol–water partition coefficient (Wildman–Crippen LogP) is 3.57. The van der Waals surface area contributed by atoms with Crippen molar-refractivity contribution >= 4 is 22.4 Å². The molecule has 12 heteroatoms. The smallest absolute Gasteiger partial charge is 0.420 e. The number of aryl methyl sites for hydroxylation is 1. The lowest BCUT2D eigenvalue weighted by atomic mass is 10.1. The number of aromatic nitrogens is 4. The fourth-order valence-electron chi connectivity index (χ4n) is 3.31. The summed E-state index contributed by atoms with van der Waals surface area (Å²) < 4.78 is 48.4. The maximum absolute atomic E-state index is 13.4. The second kappa shape index (κ2) is 7.38. The van der Waals surface area contributed by atoms with Gasteiger partial charge in [-0.25, -0.2) is 0 Å². The Hall–Kier alpha value is -3.96. The molecule has 0 radical (unpaired) electrons. The van der Waals surface area contributed by atoms with E-state index in [1.807, 2.05) is 0 Å². The number of fused-ring (bicyclic) bond motifs is 3. The zero-order valence-electron chi connectivity index (χ0n) is 16.0. The summed E-state index contributed by atoms with van der Waals surface area (Å²) in [6, 6.07) is 8.95. The lowest BCUT2D eigenvalue weighted by Crippen LogP contribution is -2.22. The number of hydrogen-bond acceptors (Lipinski definition) is 6. The second-order valence-electron chi connectivity index (χ2n) is 6.54. The normalized spacial score (nSPS) is 11.9. The van der Waals surface area contributed by atoms with Crippen molar-refractivity contribution in [1.29, 1.82) is 0 Å². The molecule has 0 saturated heterocycles. The van der Waals surface area contributed by atoms with Crippen LogP contribution in [-0.2, 0) is 19.3 Å². The molecule has 0 aliphatic heterocycles. The Labute approximate surface area is 171 Å². The first-order valence-electron chi connectivity index (χ1n) is 9.06. The molecule has 0 bridgehead atoms. The van der Waals surface area contributed by atoms with Gasteiger partial charge in [-0.2, -0.15) is 13.2 Å². The van der Waals surface area contributed by atoms with Gasteiger partial charge in [0.2, 0.25) is 5.78 Å². The Morgan fingerprint density at radius 1 is 1.16 bits per heavy atom. The van der Waals surface area contributed by atoms with Gasteiger partial charge in [-0.15, -0.1) is 10.2 Å². The number of hydrogen-bond donors (Lipinski definition) is 0. The summed E-state index contributed by atoms with van der Waals surface area (Å²) in [5.41, 5.74) is -1.76. The molecule has 160 valence electrons. The molecule has 0 N–H and O–H groups in total. The lowest BCUT2D eigenvalue weighted by molar-refractivity contribution is -0.385. The van der Waals surface area contributed by atoms with E-state index in [1.165, 1.54) is 4.57 Å². The van der Waals surface area contributed by atoms with Crippen LogP contribution in [0.3, 0.4) is 0 Å². The highest BCUT2D eigenvalue weighted by atomic mass is 19.4. The molecular weight excluding hydrogens is 419 g/mol. The van der Waals surface area contributed by atoms with Crippen LogP contribution >= 0.6 is 0 Å². The highest BCUT2D eigenvalue weighted by Crippen LogP contribution is 2.38. The van der Waals surface area contributed by atoms with E-state index in [4.69, 9.17) is 4.74 Å². The number of benzene rings is 2. The summed E-state index contributed by atoms with van der Waals surface area (Å²) in [6.07, 6.45) is -4.86. The van der Waals surface area contributed by atoms with E-state index in [9.17, 15) is 28.1 Å². The Balaban J connectivity index is 1.80. The molecule has 2 aromatic carbocycles. The van der Waals surface area contributed by atoms with Gasteiger partial charge in [0.25, 0.3) is 11.2 Å². The maximum atomic E-state index is 13.4. The van der Waals surface area contributed by atoms with Crippen LogP contribution in [0.2, 0.25) is 0 Å². The van der Waals surface area contributed by atoms with Gasteiger partial charge in [0.15, 0.2) is 5.82 Å². The molecule has 0 aliphatic carbocycles. The second-order valence-corrected chi connectivity index (χ2v) is 6.54. The third-order valence-electron chi connectivity index (χ3n) is 4.73. The standard InChI is InChI=1S/C19H14F3N5O4/c1-2-25-17(28)12-5-3-4-6-14(12)26-16(23-24-18(25)26)10-31-15-8-7-11(27(29)30)9-13(15)19(20,21)22/h3-9H,2,10H2,1H3. The minimum Gasteiger partial charge on any atom is -0.485 e. The highest BCUT2D eigenvalue weighted by Gasteiger charge is 2.36. The van der Waals surface area contributed by atoms with E-state index in [2.05, 4.69) is 10.2 Å². The molecule has 9 nitrogen and oxygen atoms in total. The molecule has 4 rings (SSSR count). The van der Waals surface area contributed by atoms with Gasteiger partial charge in [0.05, 0.1) is 15.8 Å². The number of nitro groups is 1. The van der Waals surface area contributed by atoms with Gasteiger partial charge in [0.1, 0.15) is 17.9 Å². The SMILES string of the molecule is CCn1c(=O)c2ccccc2n2c(COc3ccc([N+](=O)[O-])cc3C(F)(F)F)nnc12. The molecule has 31 heavy (non-hydrogen) atoms. The minimum absolute atomic E-state index is 0.167. The summed E-state index contributed by atoms with van der Waals surface area (Å²) in [6.45, 7) is 1.66. The molecule has 0 aliphatic rings. The molecule has 4 aromatic rings. The van der Waals surface area contributed by atoms with Crippen LogP contribution in [0.4, 0.5) is 18.9 Å². The average molecular weight is 433 g/mol. The maximum Gasteiger partial charge on any atom is 0.420 e. The monoisotopic (exact) mass is 433 g/mol. The first-order chi connectivity index (χ1) is 14.7. The molecule has 0 amide bonds. The molecule has 0 saturated carbocycles. The van der Waals surface area contributed by atoms with E-state index in [0.717, 1.165) is 12.1 Å². The van der Waals surface area contributed by atoms with Crippen LogP contribution in [0.5, 0.6) is 5.75 Å². The van der Waals surface area contributed by atoms with Gasteiger partial charge < -0.3 is 4.74 Å². The van der Waals surface area contributed by atoms with Gasteiger partial charge >= 0.3 is 6.18 Å². The number of nitro benzene ring substituents is 1. The Morgan fingerprint density at radius 2 is 1.90 bits per heavy atom. The summed E-state index contributed by atoms with van der Waals surface area (Å²) in [5, 5.41) is 19.2. The number of alkyl halides is 3. The molecule has 0 fully saturated rings. The van der Waals surface area contributed by atoms with Crippen LogP contribution in [0.1, 0.15) is 18.3 Å². The predicted molar refractivity (Wildman–Crippen MR) is 103 cm³/mol. The van der Waals surface area contributed by atoms with Crippen LogP contribution in [0, 0.1) is 10.1 Å². The van der Waals surface area contributed by atoms with Crippen molar-refractivity contribution < 1.29 is 22.8 Å². The van der Waals surface area contributed by atoms with E-state index < -0.39 is 34.7 Å². The molecule has 0 atom stereocenters. The van der Waals surface area contributed by atoms with Crippen molar-refractivity contribution in [2.24, 2.45) is 0 Å². The van der Waals surface area contributed by atoms with Crippen molar-refractivity contribution in [3.63, 3.8) is 0 Å². The van der Waals surface area contributed by atoms with Crippen molar-refractivity contribution in [1.82, 2.24) is 19.2 Å². The van der Waals surface area contributed by atoms with E-state index >= 15 is 0 Å². The van der Waals surface area contributed by atoms with Crippen molar-refractivity contribution in [2.75, 3.05) is 0 Å². The third kappa shape index (κ3) is 3.45. The molecule has 0 spiro atoms. The highest BCUT2D eigenvalue weighted by molar-refractivity contribution is 5.80. The number of halogens is 3. The summed E-state index contributed by atoms with van der Waals surface area (Å²) in [7, 11) is 0. The summed E-state index contributed by atoms with van der Waals surface area (Å²) >= 11 is 0. The van der Waals surface area contributed by atoms with Crippen molar-refractivity contribution in [3.8, 4) is 5.75 Å². The molecule has 2 aromatic heterocycles. The van der Waals surface area contributed by atoms with Crippen LogP contribution in [0.25, 0.3) is 16.7 Å². The Kier molecular flexibility index (Phi) is 4.84. The fourth-order valence-corrected chi connectivity index (χ4v) is 3.31. The summed E-state index contributed by atoms with van der Waals surface area (Å²) in [5.74, 6) is -0.188. The largest absolute Gasteiger partial charge is 0.485 e. The lowest BCUT2D eigenvalue weighted by Gasteiger charge is -2.14. The van der Waals surface area contributed by atoms with Crippen LogP contribution in [-0.4, -0.2) is 24.1 Å². The van der Waals surface area contributed by atoms with Gasteiger partial charge in [0, 0.05) is 18.7 Å². The van der Waals surface area contributed by atoms with E-state index in [1.54, 1.807) is 35.6 Å². The van der Waals surface area contributed by atoms with Crippen molar-refractivity contribution in [2.45, 2.75) is 26.3 Å². The first kappa shape index (κ1) is 20.3. The zero-order chi connectivity index (χ0) is 22.3. The van der Waals surface area contributed by atoms with Crippen molar-refractivity contribution in [3.05, 3.63) is 74.3 Å². The molecular formula is C19H14F3N5O4. The van der Waals surface area contributed by atoms with Gasteiger partial charge in [-0.3, -0.25) is 23.9 Å². The number of ether oxygens (including phenoxy) is 1. The molecule has 0 unspecified atom stereocenters. The minimum atomic E-state index is -4.86. The first-order valence-corrected chi connectivity index (χ1v) is 9.06. The number of para-hydroxylation sites is 1. The number of rotatable bonds is 5. The zero-order valence-corrected chi connectivity index (χ0v) is 16.0. The number of nitrogens with zero attached hydrogens (tertiary/aromatic N) is 5. The quantitative estimate of drug-likeness (QED) is 0.352. The number of non-ortho nitro benzene ring substituents is 1. The van der Waals surface area contributed by atoms with Crippen LogP contribution in [0.15, 0.2) is 47.3 Å². The topological polar surface area (TPSA) is 105 Å². The Bertz CT molecular complexity index is 1380.